The van der Waals surface area contributed by atoms with Gasteiger partial charge in [0.15, 0.2) is 0 Å². The van der Waals surface area contributed by atoms with Gasteiger partial charge in [-0.15, -0.1) is 0 Å². The molecule has 0 bridgehead atoms. The van der Waals surface area contributed by atoms with Crippen LogP contribution in [0.1, 0.15) is 11.1 Å². The van der Waals surface area contributed by atoms with Crippen molar-refractivity contribution in [2.24, 2.45) is 0 Å². The summed E-state index contributed by atoms with van der Waals surface area (Å²) in [5.41, 5.74) is 8.61. The third-order valence-corrected chi connectivity index (χ3v) is 2.50. The normalized spacial score (nSPS) is 11.4. The lowest BCUT2D eigenvalue weighted by Gasteiger charge is -2.10. The van der Waals surface area contributed by atoms with Crippen molar-refractivity contribution in [3.05, 3.63) is 23.3 Å². The zero-order valence-electron chi connectivity index (χ0n) is 8.46. The van der Waals surface area contributed by atoms with Gasteiger partial charge in [0.25, 0.3) is 0 Å². The standard InChI is InChI=1S/C9H14N2O2S/c1-6-4-7(2)9(5-8(6)10)11-14(3,12)13/h4-5,11H,10H2,1-3H3. The minimum absolute atomic E-state index is 0.538. The van der Waals surface area contributed by atoms with Crippen LogP contribution in [0, 0.1) is 13.8 Å². The van der Waals surface area contributed by atoms with E-state index in [0.717, 1.165) is 17.4 Å². The number of nitrogen functional groups attached to an aromatic ring is 1. The Bertz CT molecular complexity index is 452. The number of hydrogen-bond acceptors (Lipinski definition) is 3. The van der Waals surface area contributed by atoms with E-state index >= 15 is 0 Å². The zero-order chi connectivity index (χ0) is 10.9. The van der Waals surface area contributed by atoms with Crippen LogP contribution < -0.4 is 10.5 Å². The van der Waals surface area contributed by atoms with E-state index in [1.54, 1.807) is 6.07 Å². The third kappa shape index (κ3) is 2.63. The molecule has 14 heavy (non-hydrogen) atoms. The fourth-order valence-electron chi connectivity index (χ4n) is 1.18. The Balaban J connectivity index is 3.17. The van der Waals surface area contributed by atoms with E-state index in [9.17, 15) is 8.42 Å². The maximum Gasteiger partial charge on any atom is 0.229 e. The van der Waals surface area contributed by atoms with Gasteiger partial charge in [-0.05, 0) is 31.0 Å². The lowest BCUT2D eigenvalue weighted by atomic mass is 10.1. The topological polar surface area (TPSA) is 72.2 Å². The molecule has 0 aliphatic rings. The van der Waals surface area contributed by atoms with Crippen molar-refractivity contribution in [2.75, 3.05) is 16.7 Å². The van der Waals surface area contributed by atoms with Gasteiger partial charge in [-0.1, -0.05) is 6.07 Å². The highest BCUT2D eigenvalue weighted by Gasteiger charge is 2.06. The van der Waals surface area contributed by atoms with Crippen molar-refractivity contribution in [2.45, 2.75) is 13.8 Å². The first kappa shape index (κ1) is 10.8. The summed E-state index contributed by atoms with van der Waals surface area (Å²) >= 11 is 0. The molecule has 1 aromatic carbocycles. The van der Waals surface area contributed by atoms with Crippen molar-refractivity contribution >= 4 is 21.4 Å². The molecule has 0 aliphatic heterocycles. The van der Waals surface area contributed by atoms with Gasteiger partial charge in [0.05, 0.1) is 11.9 Å². The van der Waals surface area contributed by atoms with E-state index in [4.69, 9.17) is 5.73 Å². The van der Waals surface area contributed by atoms with Crippen molar-refractivity contribution in [1.29, 1.82) is 0 Å². The Morgan fingerprint density at radius 3 is 2.29 bits per heavy atom. The highest BCUT2D eigenvalue weighted by Crippen LogP contribution is 2.22. The quantitative estimate of drug-likeness (QED) is 0.728. The second kappa shape index (κ2) is 3.49. The largest absolute Gasteiger partial charge is 0.398 e. The van der Waals surface area contributed by atoms with Gasteiger partial charge in [0.1, 0.15) is 0 Å². The van der Waals surface area contributed by atoms with Crippen LogP contribution in [0.2, 0.25) is 0 Å². The van der Waals surface area contributed by atoms with Crippen molar-refractivity contribution < 1.29 is 8.42 Å². The second-order valence-electron chi connectivity index (χ2n) is 3.40. The van der Waals surface area contributed by atoms with E-state index in [0.29, 0.717) is 11.4 Å². The van der Waals surface area contributed by atoms with Crippen LogP contribution in [-0.2, 0) is 10.0 Å². The Morgan fingerprint density at radius 1 is 1.21 bits per heavy atom. The van der Waals surface area contributed by atoms with Gasteiger partial charge < -0.3 is 5.73 Å². The molecule has 1 rings (SSSR count). The van der Waals surface area contributed by atoms with Gasteiger partial charge in [0.2, 0.25) is 10.0 Å². The summed E-state index contributed by atoms with van der Waals surface area (Å²) in [7, 11) is -3.23. The highest BCUT2D eigenvalue weighted by atomic mass is 32.2. The molecule has 0 aromatic heterocycles. The number of benzene rings is 1. The Kier molecular flexibility index (Phi) is 2.71. The summed E-state index contributed by atoms with van der Waals surface area (Å²) in [6.07, 6.45) is 1.11. The monoisotopic (exact) mass is 214 g/mol. The molecule has 0 fully saturated rings. The van der Waals surface area contributed by atoms with Crippen LogP contribution in [0.5, 0.6) is 0 Å². The first-order valence-corrected chi connectivity index (χ1v) is 6.03. The first-order chi connectivity index (χ1) is 6.29. The average Bonchev–Trinajstić information content (AvgIpc) is 1.97. The molecule has 0 saturated heterocycles. The van der Waals surface area contributed by atoms with Crippen molar-refractivity contribution in [3.8, 4) is 0 Å². The molecular weight excluding hydrogens is 200 g/mol. The van der Waals surface area contributed by atoms with Crippen LogP contribution in [0.25, 0.3) is 0 Å². The molecule has 0 heterocycles. The molecule has 0 spiro atoms. The summed E-state index contributed by atoms with van der Waals surface area (Å²) in [4.78, 5) is 0. The van der Waals surface area contributed by atoms with Crippen LogP contribution in [-0.4, -0.2) is 14.7 Å². The predicted molar refractivity (Wildman–Crippen MR) is 58.8 cm³/mol. The number of nitrogens with one attached hydrogen (secondary N) is 1. The number of sulfonamides is 1. The maximum absolute atomic E-state index is 11.0. The minimum atomic E-state index is -3.23. The van der Waals surface area contributed by atoms with Crippen LogP contribution in [0.3, 0.4) is 0 Å². The number of hydrogen-bond donors (Lipinski definition) is 2. The molecule has 0 radical (unpaired) electrons. The van der Waals surface area contributed by atoms with Gasteiger partial charge in [-0.3, -0.25) is 4.72 Å². The summed E-state index contributed by atoms with van der Waals surface area (Å²) < 4.78 is 24.4. The van der Waals surface area contributed by atoms with E-state index in [1.807, 2.05) is 19.9 Å². The summed E-state index contributed by atoms with van der Waals surface area (Å²) in [5, 5.41) is 0. The molecule has 0 aliphatic carbocycles. The van der Waals surface area contributed by atoms with Gasteiger partial charge in [-0.25, -0.2) is 8.42 Å². The number of aryl methyl sites for hydroxylation is 2. The molecule has 78 valence electrons. The summed E-state index contributed by atoms with van der Waals surface area (Å²) in [6, 6.07) is 3.48. The fraction of sp³-hybridized carbons (Fsp3) is 0.333. The average molecular weight is 214 g/mol. The summed E-state index contributed by atoms with van der Waals surface area (Å²) in [6.45, 7) is 3.71. The van der Waals surface area contributed by atoms with Crippen molar-refractivity contribution in [1.82, 2.24) is 0 Å². The van der Waals surface area contributed by atoms with Crippen LogP contribution >= 0.6 is 0 Å². The van der Waals surface area contributed by atoms with Gasteiger partial charge >= 0.3 is 0 Å². The van der Waals surface area contributed by atoms with E-state index in [-0.39, 0.29) is 0 Å². The lowest BCUT2D eigenvalue weighted by molar-refractivity contribution is 0.607. The molecule has 0 atom stereocenters. The Hall–Kier alpha value is -1.23. The van der Waals surface area contributed by atoms with Crippen molar-refractivity contribution in [3.63, 3.8) is 0 Å². The van der Waals surface area contributed by atoms with E-state index in [2.05, 4.69) is 4.72 Å². The molecule has 5 heteroatoms. The molecule has 1 aromatic rings. The minimum Gasteiger partial charge on any atom is -0.398 e. The number of nitrogens with two attached hydrogens (primary N) is 1. The molecule has 0 amide bonds. The maximum atomic E-state index is 11.0. The van der Waals surface area contributed by atoms with Gasteiger partial charge in [0, 0.05) is 5.69 Å². The summed E-state index contributed by atoms with van der Waals surface area (Å²) in [5.74, 6) is 0. The van der Waals surface area contributed by atoms with Gasteiger partial charge in [-0.2, -0.15) is 0 Å². The Morgan fingerprint density at radius 2 is 1.79 bits per heavy atom. The molecule has 4 nitrogen and oxygen atoms in total. The zero-order valence-corrected chi connectivity index (χ0v) is 9.27. The van der Waals surface area contributed by atoms with Crippen LogP contribution in [0.4, 0.5) is 11.4 Å². The molecule has 3 N–H and O–H groups in total. The third-order valence-electron chi connectivity index (χ3n) is 1.91. The molecule has 0 unspecified atom stereocenters. The fourth-order valence-corrected chi connectivity index (χ4v) is 1.80. The Labute approximate surface area is 84.2 Å². The van der Waals surface area contributed by atoms with E-state index in [1.165, 1.54) is 0 Å². The SMILES string of the molecule is Cc1cc(C)c(NS(C)(=O)=O)cc1N. The second-order valence-corrected chi connectivity index (χ2v) is 5.15. The number of rotatable bonds is 2. The smallest absolute Gasteiger partial charge is 0.229 e. The first-order valence-electron chi connectivity index (χ1n) is 4.14. The molecule has 0 saturated carbocycles. The predicted octanol–water partition coefficient (Wildman–Crippen LogP) is 1.26. The number of anilines is 2. The molecular formula is C9H14N2O2S. The highest BCUT2D eigenvalue weighted by molar-refractivity contribution is 7.92. The lowest BCUT2D eigenvalue weighted by Crippen LogP contribution is -2.11. The van der Waals surface area contributed by atoms with Crippen LogP contribution in [0.15, 0.2) is 12.1 Å². The van der Waals surface area contributed by atoms with E-state index < -0.39 is 10.0 Å².